The predicted octanol–water partition coefficient (Wildman–Crippen LogP) is 1.56. The zero-order valence-electron chi connectivity index (χ0n) is 7.36. The summed E-state index contributed by atoms with van der Waals surface area (Å²) < 4.78 is 0. The fraction of sp³-hybridized carbons (Fsp3) is 0.778. The van der Waals surface area contributed by atoms with Crippen LogP contribution in [-0.4, -0.2) is 18.9 Å². The summed E-state index contributed by atoms with van der Waals surface area (Å²) in [6.07, 6.45) is 3.54. The molecule has 2 heteroatoms. The van der Waals surface area contributed by atoms with Crippen LogP contribution in [0.4, 0.5) is 0 Å². The van der Waals surface area contributed by atoms with Gasteiger partial charge in [-0.3, -0.25) is 4.79 Å². The molecule has 0 unspecified atom stereocenters. The Morgan fingerprint density at radius 1 is 1.45 bits per heavy atom. The molecule has 0 spiro atoms. The van der Waals surface area contributed by atoms with Crippen molar-refractivity contribution in [1.29, 1.82) is 0 Å². The molecule has 0 atom stereocenters. The zero-order chi connectivity index (χ0) is 8.53. The van der Waals surface area contributed by atoms with Crippen molar-refractivity contribution in [1.82, 2.24) is 5.32 Å². The Labute approximate surface area is 69.4 Å². The maximum Gasteiger partial charge on any atom is 0.134 e. The van der Waals surface area contributed by atoms with Gasteiger partial charge in [0.05, 0.1) is 0 Å². The van der Waals surface area contributed by atoms with Gasteiger partial charge in [0, 0.05) is 19.4 Å². The molecule has 11 heavy (non-hydrogen) atoms. The van der Waals surface area contributed by atoms with E-state index in [2.05, 4.69) is 19.2 Å². The molecule has 2 nitrogen and oxygen atoms in total. The number of hydrogen-bond acceptors (Lipinski definition) is 2. The Kier molecular flexibility index (Phi) is 7.47. The summed E-state index contributed by atoms with van der Waals surface area (Å²) >= 11 is 0. The maximum atomic E-state index is 11.0. The van der Waals surface area contributed by atoms with Gasteiger partial charge >= 0.3 is 0 Å². The van der Waals surface area contributed by atoms with E-state index in [1.807, 2.05) is 0 Å². The van der Waals surface area contributed by atoms with Crippen molar-refractivity contribution in [3.63, 3.8) is 0 Å². The van der Waals surface area contributed by atoms with E-state index in [0.717, 1.165) is 25.8 Å². The molecule has 0 aliphatic heterocycles. The van der Waals surface area contributed by atoms with Gasteiger partial charge in [-0.1, -0.05) is 13.3 Å². The first kappa shape index (κ1) is 10.6. The molecular formula is C9H18NO. The summed E-state index contributed by atoms with van der Waals surface area (Å²) in [5.41, 5.74) is 0. The second-order valence-corrected chi connectivity index (χ2v) is 2.64. The van der Waals surface area contributed by atoms with Crippen LogP contribution in [0.2, 0.25) is 0 Å². The molecule has 0 amide bonds. The smallest absolute Gasteiger partial charge is 0.134 e. The second kappa shape index (κ2) is 7.73. The van der Waals surface area contributed by atoms with Crippen LogP contribution in [0.1, 0.15) is 32.6 Å². The van der Waals surface area contributed by atoms with Gasteiger partial charge in [0.1, 0.15) is 5.78 Å². The van der Waals surface area contributed by atoms with Crippen LogP contribution >= 0.6 is 0 Å². The Hall–Kier alpha value is -0.370. The average molecular weight is 156 g/mol. The summed E-state index contributed by atoms with van der Waals surface area (Å²) in [5.74, 6) is 0.368. The number of ketones is 1. The van der Waals surface area contributed by atoms with Crippen molar-refractivity contribution in [2.24, 2.45) is 0 Å². The first-order valence-corrected chi connectivity index (χ1v) is 4.33. The first-order chi connectivity index (χ1) is 5.31. The van der Waals surface area contributed by atoms with E-state index >= 15 is 0 Å². The van der Waals surface area contributed by atoms with Crippen LogP contribution in [0, 0.1) is 6.92 Å². The van der Waals surface area contributed by atoms with Crippen molar-refractivity contribution >= 4 is 5.78 Å². The Balaban J connectivity index is 3.09. The molecule has 0 saturated heterocycles. The molecule has 65 valence electrons. The Bertz CT molecular complexity index is 102. The number of Topliss-reactive ketones (excluding diaryl/α,β-unsaturated/α-hetero) is 1. The highest BCUT2D eigenvalue weighted by molar-refractivity contribution is 5.78. The number of carbonyl (C=O) groups excluding carboxylic acids is 1. The fourth-order valence-electron chi connectivity index (χ4n) is 0.852. The maximum absolute atomic E-state index is 11.0. The van der Waals surface area contributed by atoms with Crippen LogP contribution in [0.15, 0.2) is 0 Å². The standard InChI is InChI=1S/C9H18NO/c1-3-5-6-9(11)7-8-10-4-2/h10H,2-8H2,1H3. The van der Waals surface area contributed by atoms with Gasteiger partial charge in [0.15, 0.2) is 0 Å². The topological polar surface area (TPSA) is 29.1 Å². The summed E-state index contributed by atoms with van der Waals surface area (Å²) in [5, 5.41) is 3.02. The van der Waals surface area contributed by atoms with Crippen molar-refractivity contribution < 1.29 is 4.79 Å². The van der Waals surface area contributed by atoms with Gasteiger partial charge in [-0.25, -0.2) is 0 Å². The normalized spacial score (nSPS) is 10.0. The molecule has 0 aromatic carbocycles. The lowest BCUT2D eigenvalue weighted by molar-refractivity contribution is -0.119. The largest absolute Gasteiger partial charge is 0.316 e. The highest BCUT2D eigenvalue weighted by Crippen LogP contribution is 1.97. The van der Waals surface area contributed by atoms with Crippen LogP contribution in [0.3, 0.4) is 0 Å². The SMILES string of the molecule is [CH2]CNCCC(=O)CCCC. The summed E-state index contributed by atoms with van der Waals surface area (Å²) in [4.78, 5) is 11.0. The highest BCUT2D eigenvalue weighted by Gasteiger charge is 1.98. The van der Waals surface area contributed by atoms with Crippen LogP contribution in [0.5, 0.6) is 0 Å². The molecule has 0 rings (SSSR count). The van der Waals surface area contributed by atoms with Gasteiger partial charge in [-0.15, -0.1) is 0 Å². The molecule has 0 aromatic rings. The van der Waals surface area contributed by atoms with Crippen molar-refractivity contribution in [2.75, 3.05) is 13.1 Å². The van der Waals surface area contributed by atoms with E-state index < -0.39 is 0 Å². The predicted molar refractivity (Wildman–Crippen MR) is 47.4 cm³/mol. The first-order valence-electron chi connectivity index (χ1n) is 4.33. The van der Waals surface area contributed by atoms with Crippen LogP contribution in [-0.2, 0) is 4.79 Å². The van der Waals surface area contributed by atoms with E-state index in [1.165, 1.54) is 0 Å². The van der Waals surface area contributed by atoms with Crippen molar-refractivity contribution in [2.45, 2.75) is 32.6 Å². The molecule has 0 heterocycles. The third kappa shape index (κ3) is 7.53. The van der Waals surface area contributed by atoms with E-state index in [1.54, 1.807) is 0 Å². The molecule has 1 N–H and O–H groups in total. The van der Waals surface area contributed by atoms with E-state index in [-0.39, 0.29) is 0 Å². The van der Waals surface area contributed by atoms with Crippen molar-refractivity contribution in [3.8, 4) is 0 Å². The number of hydrogen-bond donors (Lipinski definition) is 1. The average Bonchev–Trinajstić information content (AvgIpc) is 2.01. The minimum absolute atomic E-state index is 0.368. The Morgan fingerprint density at radius 3 is 2.73 bits per heavy atom. The second-order valence-electron chi connectivity index (χ2n) is 2.64. The Morgan fingerprint density at radius 2 is 2.18 bits per heavy atom. The van der Waals surface area contributed by atoms with Gasteiger partial charge in [0.2, 0.25) is 0 Å². The molecule has 0 bridgehead atoms. The minimum Gasteiger partial charge on any atom is -0.316 e. The summed E-state index contributed by atoms with van der Waals surface area (Å²) in [7, 11) is 0. The van der Waals surface area contributed by atoms with Gasteiger partial charge in [-0.05, 0) is 19.9 Å². The number of carbonyl (C=O) groups is 1. The molecule has 0 aromatic heterocycles. The van der Waals surface area contributed by atoms with Gasteiger partial charge in [0.25, 0.3) is 0 Å². The van der Waals surface area contributed by atoms with Crippen LogP contribution in [0.25, 0.3) is 0 Å². The summed E-state index contributed by atoms with van der Waals surface area (Å²) in [6, 6.07) is 0. The molecule has 0 fully saturated rings. The van der Waals surface area contributed by atoms with Gasteiger partial charge < -0.3 is 5.32 Å². The lowest BCUT2D eigenvalue weighted by Gasteiger charge is -1.99. The third-order valence-corrected chi connectivity index (χ3v) is 1.57. The molecule has 0 aliphatic rings. The lowest BCUT2D eigenvalue weighted by Crippen LogP contribution is -2.17. The molecule has 0 aliphatic carbocycles. The minimum atomic E-state index is 0.368. The lowest BCUT2D eigenvalue weighted by atomic mass is 10.1. The number of rotatable bonds is 7. The monoisotopic (exact) mass is 156 g/mol. The third-order valence-electron chi connectivity index (χ3n) is 1.57. The van der Waals surface area contributed by atoms with Gasteiger partial charge in [-0.2, -0.15) is 0 Å². The molecule has 1 radical (unpaired) electrons. The van der Waals surface area contributed by atoms with Crippen LogP contribution < -0.4 is 5.32 Å². The number of nitrogens with one attached hydrogen (secondary N) is 1. The van der Waals surface area contributed by atoms with E-state index in [4.69, 9.17) is 0 Å². The summed E-state index contributed by atoms with van der Waals surface area (Å²) in [6.45, 7) is 7.21. The number of unbranched alkanes of at least 4 members (excludes halogenated alkanes) is 1. The van der Waals surface area contributed by atoms with Crippen molar-refractivity contribution in [3.05, 3.63) is 6.92 Å². The quantitative estimate of drug-likeness (QED) is 0.567. The highest BCUT2D eigenvalue weighted by atomic mass is 16.1. The zero-order valence-corrected chi connectivity index (χ0v) is 7.36. The fourth-order valence-corrected chi connectivity index (χ4v) is 0.852. The van der Waals surface area contributed by atoms with E-state index in [9.17, 15) is 4.79 Å². The van der Waals surface area contributed by atoms with E-state index in [0.29, 0.717) is 18.7 Å². The molecular weight excluding hydrogens is 138 g/mol. The molecule has 0 saturated carbocycles.